The van der Waals surface area contributed by atoms with Gasteiger partial charge in [0.2, 0.25) is 0 Å². The molecule has 0 saturated heterocycles. The van der Waals surface area contributed by atoms with Crippen molar-refractivity contribution in [2.24, 2.45) is 62.1 Å². The topological polar surface area (TPSA) is 74.6 Å². The maximum atomic E-state index is 12.9. The Balaban J connectivity index is 1.55. The van der Waals surface area contributed by atoms with Gasteiger partial charge in [0.25, 0.3) is 0 Å². The number of rotatable bonds is 5. The number of carboxylic acids is 2. The van der Waals surface area contributed by atoms with Crippen molar-refractivity contribution in [2.75, 3.05) is 0 Å². The molecule has 4 heteroatoms. The minimum Gasteiger partial charge on any atom is -0.481 e. The van der Waals surface area contributed by atoms with Crippen molar-refractivity contribution in [2.45, 2.75) is 132 Å². The van der Waals surface area contributed by atoms with Crippen LogP contribution < -0.4 is 0 Å². The third-order valence-corrected chi connectivity index (χ3v) is 14.5. The highest BCUT2D eigenvalue weighted by molar-refractivity contribution is 5.76. The lowest BCUT2D eigenvalue weighted by Gasteiger charge is -2.71. The van der Waals surface area contributed by atoms with Gasteiger partial charge in [0.1, 0.15) is 0 Å². The Kier molecular flexibility index (Phi) is 6.80. The molecule has 2 N–H and O–H groups in total. The summed E-state index contributed by atoms with van der Waals surface area (Å²) in [6, 6.07) is 0. The van der Waals surface area contributed by atoms with Gasteiger partial charge in [0, 0.05) is 6.42 Å². The average Bonchev–Trinajstić information content (AvgIpc) is 2.82. The van der Waals surface area contributed by atoms with Gasteiger partial charge in [0.15, 0.2) is 0 Å². The number of carboxylic acid groups (broad SMARTS) is 2. The van der Waals surface area contributed by atoms with E-state index in [0.717, 1.165) is 51.4 Å². The fraction of sp³-hybridized carbons (Fsp3) is 0.886. The number of allylic oxidation sites excluding steroid dienone is 2. The monoisotopic (exact) mass is 540 g/mol. The molecule has 4 saturated carbocycles. The second kappa shape index (κ2) is 9.09. The summed E-state index contributed by atoms with van der Waals surface area (Å²) in [5, 5.41) is 20.2. The van der Waals surface area contributed by atoms with Crippen molar-refractivity contribution in [3.05, 3.63) is 11.6 Å². The number of aliphatic carboxylic acids is 2. The Morgan fingerprint density at radius 3 is 2.26 bits per heavy atom. The summed E-state index contributed by atoms with van der Waals surface area (Å²) < 4.78 is 0. The predicted molar refractivity (Wildman–Crippen MR) is 156 cm³/mol. The smallest absolute Gasteiger partial charge is 0.310 e. The summed E-state index contributed by atoms with van der Waals surface area (Å²) in [5.41, 5.74) is 1.50. The lowest BCUT2D eigenvalue weighted by atomic mass is 9.33. The van der Waals surface area contributed by atoms with Crippen molar-refractivity contribution < 1.29 is 19.8 Å². The highest BCUT2D eigenvalue weighted by Gasteiger charge is 2.68. The quantitative estimate of drug-likeness (QED) is 0.341. The molecule has 0 bridgehead atoms. The van der Waals surface area contributed by atoms with E-state index in [4.69, 9.17) is 0 Å². The number of fused-ring (bicyclic) bond motifs is 7. The molecule has 4 nitrogen and oxygen atoms in total. The van der Waals surface area contributed by atoms with Crippen LogP contribution >= 0.6 is 0 Å². The summed E-state index contributed by atoms with van der Waals surface area (Å²) in [4.78, 5) is 24.6. The van der Waals surface area contributed by atoms with Gasteiger partial charge in [-0.3, -0.25) is 9.59 Å². The van der Waals surface area contributed by atoms with Crippen LogP contribution in [0.3, 0.4) is 0 Å². The fourth-order valence-corrected chi connectivity index (χ4v) is 12.1. The van der Waals surface area contributed by atoms with E-state index in [9.17, 15) is 19.8 Å². The highest BCUT2D eigenvalue weighted by atomic mass is 16.4. The SMILES string of the molecule is CC(C)C1C[C@@H]2CC[C@]3(C)C(CC=C4[C@@H]5CC(C)(C)CC[C@]5(C(=O)O)CC[C@]43C)[C@@]2(C)C[C@@]1(C)CCC(=O)O. The second-order valence-corrected chi connectivity index (χ2v) is 17.1. The Labute approximate surface area is 237 Å². The maximum Gasteiger partial charge on any atom is 0.310 e. The molecule has 220 valence electrons. The van der Waals surface area contributed by atoms with Gasteiger partial charge in [-0.25, -0.2) is 0 Å². The molecule has 0 radical (unpaired) electrons. The zero-order chi connectivity index (χ0) is 28.8. The second-order valence-electron chi connectivity index (χ2n) is 17.1. The lowest BCUT2D eigenvalue weighted by molar-refractivity contribution is -0.192. The van der Waals surface area contributed by atoms with Gasteiger partial charge in [0.05, 0.1) is 5.41 Å². The van der Waals surface area contributed by atoms with Crippen LogP contribution in [0.2, 0.25) is 0 Å². The first-order valence-electron chi connectivity index (χ1n) is 16.1. The van der Waals surface area contributed by atoms with E-state index < -0.39 is 17.4 Å². The molecular formula is C35H56O4. The fourth-order valence-electron chi connectivity index (χ4n) is 12.1. The van der Waals surface area contributed by atoms with Crippen LogP contribution in [-0.4, -0.2) is 22.2 Å². The van der Waals surface area contributed by atoms with Gasteiger partial charge in [-0.05, 0) is 127 Å². The summed E-state index contributed by atoms with van der Waals surface area (Å²) in [7, 11) is 0. The molecule has 5 rings (SSSR count). The summed E-state index contributed by atoms with van der Waals surface area (Å²) >= 11 is 0. The molecule has 4 fully saturated rings. The van der Waals surface area contributed by atoms with Gasteiger partial charge in [-0.2, -0.15) is 0 Å². The largest absolute Gasteiger partial charge is 0.481 e. The van der Waals surface area contributed by atoms with Crippen molar-refractivity contribution in [1.29, 1.82) is 0 Å². The summed E-state index contributed by atoms with van der Waals surface area (Å²) in [6.07, 6.45) is 14.1. The normalized spacial score (nSPS) is 48.7. The Morgan fingerprint density at radius 2 is 1.64 bits per heavy atom. The lowest BCUT2D eigenvalue weighted by Crippen LogP contribution is -2.64. The molecule has 0 aliphatic heterocycles. The van der Waals surface area contributed by atoms with Gasteiger partial charge >= 0.3 is 11.9 Å². The molecule has 2 unspecified atom stereocenters. The Bertz CT molecular complexity index is 1060. The van der Waals surface area contributed by atoms with Gasteiger partial charge in [-0.1, -0.05) is 67.0 Å². The van der Waals surface area contributed by atoms with Crippen LogP contribution in [0.25, 0.3) is 0 Å². The van der Waals surface area contributed by atoms with Crippen molar-refractivity contribution in [1.82, 2.24) is 0 Å². The van der Waals surface area contributed by atoms with Crippen LogP contribution in [0.15, 0.2) is 11.6 Å². The zero-order valence-corrected chi connectivity index (χ0v) is 26.2. The van der Waals surface area contributed by atoms with E-state index in [1.807, 2.05) is 0 Å². The molecule has 5 aliphatic rings. The minimum absolute atomic E-state index is 0.0350. The van der Waals surface area contributed by atoms with Crippen molar-refractivity contribution >= 4 is 11.9 Å². The molecule has 0 spiro atoms. The van der Waals surface area contributed by atoms with Crippen LogP contribution in [0.5, 0.6) is 0 Å². The standard InChI is InChI=1S/C35H56O4/c1-22(2)25-19-23-11-14-34(8)27(32(23,6)21-31(25,5)13-12-28(36)37)10-9-24-26-20-30(3,4)15-17-35(26,29(38)39)18-16-33(24,34)7/h9,22-23,25-27H,10-21H2,1-8H3,(H,36,37)(H,38,39)/t23-,25?,26-,27?,31+,32-,33+,34+,35-/m0/s1. The van der Waals surface area contributed by atoms with E-state index >= 15 is 0 Å². The highest BCUT2D eigenvalue weighted by Crippen LogP contribution is 2.76. The first-order chi connectivity index (χ1) is 17.9. The molecule has 0 aromatic carbocycles. The van der Waals surface area contributed by atoms with E-state index in [-0.39, 0.29) is 39.4 Å². The predicted octanol–water partition coefficient (Wildman–Crippen LogP) is 8.99. The number of carbonyl (C=O) groups is 2. The molecule has 9 atom stereocenters. The number of hydrogen-bond donors (Lipinski definition) is 2. The minimum atomic E-state index is -0.670. The molecule has 0 aromatic heterocycles. The first kappa shape index (κ1) is 29.2. The van der Waals surface area contributed by atoms with E-state index in [1.165, 1.54) is 24.8 Å². The molecule has 5 aliphatic carbocycles. The number of hydrogen-bond acceptors (Lipinski definition) is 2. The average molecular weight is 541 g/mol. The first-order valence-corrected chi connectivity index (χ1v) is 16.1. The molecule has 0 amide bonds. The van der Waals surface area contributed by atoms with Crippen LogP contribution in [0.1, 0.15) is 132 Å². The van der Waals surface area contributed by atoms with E-state index in [1.54, 1.807) is 0 Å². The molecule has 39 heavy (non-hydrogen) atoms. The summed E-state index contributed by atoms with van der Waals surface area (Å²) in [5.74, 6) is 1.30. The van der Waals surface area contributed by atoms with Crippen LogP contribution in [-0.2, 0) is 9.59 Å². The van der Waals surface area contributed by atoms with Gasteiger partial charge in [-0.15, -0.1) is 0 Å². The van der Waals surface area contributed by atoms with Crippen LogP contribution in [0, 0.1) is 62.1 Å². The van der Waals surface area contributed by atoms with Crippen molar-refractivity contribution in [3.8, 4) is 0 Å². The van der Waals surface area contributed by atoms with E-state index in [0.29, 0.717) is 23.7 Å². The molecule has 0 aromatic rings. The zero-order valence-electron chi connectivity index (χ0n) is 26.2. The summed E-state index contributed by atoms with van der Waals surface area (Å²) in [6.45, 7) is 19.5. The van der Waals surface area contributed by atoms with Gasteiger partial charge < -0.3 is 10.2 Å². The van der Waals surface area contributed by atoms with E-state index in [2.05, 4.69) is 61.5 Å². The molecular weight excluding hydrogens is 484 g/mol. The molecule has 0 heterocycles. The van der Waals surface area contributed by atoms with Crippen molar-refractivity contribution in [3.63, 3.8) is 0 Å². The third-order valence-electron chi connectivity index (χ3n) is 14.5. The Hall–Kier alpha value is -1.32. The maximum absolute atomic E-state index is 12.9. The Morgan fingerprint density at radius 1 is 0.974 bits per heavy atom. The third kappa shape index (κ3) is 4.10. The van der Waals surface area contributed by atoms with Crippen LogP contribution in [0.4, 0.5) is 0 Å².